The van der Waals surface area contributed by atoms with E-state index in [1.54, 1.807) is 19.1 Å². The summed E-state index contributed by atoms with van der Waals surface area (Å²) < 4.78 is 0. The van der Waals surface area contributed by atoms with Gasteiger partial charge in [-0.15, -0.1) is 0 Å². The molecule has 0 aromatic rings. The zero-order valence-corrected chi connectivity index (χ0v) is 4.31. The van der Waals surface area contributed by atoms with Crippen molar-refractivity contribution in [2.45, 2.75) is 6.92 Å². The summed E-state index contributed by atoms with van der Waals surface area (Å²) in [6.07, 6.45) is 3.28. The Balaban J connectivity index is 3.72. The Bertz CT molecular complexity index is 103. The number of hydrogen-bond donors (Lipinski definition) is 1. The highest BCUT2D eigenvalue weighted by Gasteiger charge is 1.72. The van der Waals surface area contributed by atoms with E-state index >= 15 is 0 Å². The van der Waals surface area contributed by atoms with Gasteiger partial charge in [0.2, 0.25) is 0 Å². The molecule has 0 aromatic heterocycles. The van der Waals surface area contributed by atoms with Gasteiger partial charge in [0.1, 0.15) is 0 Å². The molecule has 0 saturated carbocycles. The lowest BCUT2D eigenvalue weighted by Crippen LogP contribution is -1.58. The van der Waals surface area contributed by atoms with Crippen molar-refractivity contribution in [3.05, 3.63) is 24.4 Å². The number of allylic oxidation sites excluding steroid dienone is 3. The van der Waals surface area contributed by atoms with Crippen LogP contribution in [0.25, 0.3) is 0 Å². The van der Waals surface area contributed by atoms with Crippen LogP contribution >= 0.6 is 0 Å². The Morgan fingerprint density at radius 2 is 2.43 bits per heavy atom. The molecule has 7 heavy (non-hydrogen) atoms. The van der Waals surface area contributed by atoms with Gasteiger partial charge in [-0.05, 0) is 13.0 Å². The molecule has 0 bridgehead atoms. The number of nitrogens with one attached hydrogen (secondary N) is 1. The van der Waals surface area contributed by atoms with Crippen molar-refractivity contribution in [2.24, 2.45) is 5.11 Å². The van der Waals surface area contributed by atoms with Crippen LogP contribution in [0.3, 0.4) is 0 Å². The van der Waals surface area contributed by atoms with Gasteiger partial charge in [0.15, 0.2) is 0 Å². The smallest absolute Gasteiger partial charge is 0.0592 e. The van der Waals surface area contributed by atoms with E-state index in [-0.39, 0.29) is 0 Å². The van der Waals surface area contributed by atoms with Gasteiger partial charge in [-0.1, -0.05) is 12.7 Å². The molecule has 1 N–H and O–H groups in total. The molecule has 0 fully saturated rings. The van der Waals surface area contributed by atoms with Gasteiger partial charge < -0.3 is 0 Å². The first-order chi connectivity index (χ1) is 3.31. The Labute approximate surface area is 43.1 Å². The van der Waals surface area contributed by atoms with E-state index in [0.717, 1.165) is 0 Å². The third-order valence-electron chi connectivity index (χ3n) is 0.535. The van der Waals surface area contributed by atoms with Gasteiger partial charge in [-0.2, -0.15) is 5.11 Å². The minimum Gasteiger partial charge on any atom is -0.205 e. The second kappa shape index (κ2) is 3.28. The van der Waals surface area contributed by atoms with Gasteiger partial charge in [0, 0.05) is 0 Å². The predicted molar refractivity (Wildman–Crippen MR) is 29.1 cm³/mol. The van der Waals surface area contributed by atoms with E-state index in [4.69, 9.17) is 5.53 Å². The molecule has 0 saturated heterocycles. The molecule has 0 spiro atoms. The van der Waals surface area contributed by atoms with E-state index in [1.165, 1.54) is 0 Å². The zero-order valence-electron chi connectivity index (χ0n) is 4.31. The predicted octanol–water partition coefficient (Wildman–Crippen LogP) is 2.11. The van der Waals surface area contributed by atoms with E-state index < -0.39 is 0 Å². The molecule has 0 unspecified atom stereocenters. The average molecular weight is 96.1 g/mol. The maximum atomic E-state index is 6.42. The Morgan fingerprint density at radius 1 is 1.86 bits per heavy atom. The highest BCUT2D eigenvalue weighted by atomic mass is 15.0. The van der Waals surface area contributed by atoms with E-state index in [0.29, 0.717) is 5.70 Å². The summed E-state index contributed by atoms with van der Waals surface area (Å²) in [5.41, 5.74) is 7.10. The van der Waals surface area contributed by atoms with Crippen LogP contribution in [0.5, 0.6) is 0 Å². The van der Waals surface area contributed by atoms with Crippen LogP contribution < -0.4 is 0 Å². The third kappa shape index (κ3) is 2.89. The lowest BCUT2D eigenvalue weighted by atomic mass is 10.4. The van der Waals surface area contributed by atoms with Crippen LogP contribution in [0.2, 0.25) is 0 Å². The second-order valence-corrected chi connectivity index (χ2v) is 1.16. The monoisotopic (exact) mass is 96.1 g/mol. The molecule has 0 heterocycles. The molecule has 38 valence electrons. The lowest BCUT2D eigenvalue weighted by molar-refractivity contribution is 1.06. The first-order valence-corrected chi connectivity index (χ1v) is 1.98. The summed E-state index contributed by atoms with van der Waals surface area (Å²) in [6.45, 7) is 5.17. The minimum atomic E-state index is 0.676. The molecule has 0 rings (SSSR count). The summed E-state index contributed by atoms with van der Waals surface area (Å²) in [6, 6.07) is 0. The molecule has 2 nitrogen and oxygen atoms in total. The molecule has 0 aromatic carbocycles. The van der Waals surface area contributed by atoms with Crippen molar-refractivity contribution in [1.82, 2.24) is 0 Å². The van der Waals surface area contributed by atoms with Gasteiger partial charge in [-0.3, -0.25) is 0 Å². The summed E-state index contributed by atoms with van der Waals surface area (Å²) in [4.78, 5) is 0. The Hall–Kier alpha value is -0.920. The van der Waals surface area contributed by atoms with Crippen molar-refractivity contribution in [3.63, 3.8) is 0 Å². The molecule has 0 aliphatic carbocycles. The maximum absolute atomic E-state index is 6.42. The highest BCUT2D eigenvalue weighted by molar-refractivity contribution is 5.04. The largest absolute Gasteiger partial charge is 0.205 e. The molecule has 0 aliphatic heterocycles. The Kier molecular flexibility index (Phi) is 2.85. The van der Waals surface area contributed by atoms with Crippen LogP contribution in [0.1, 0.15) is 6.92 Å². The van der Waals surface area contributed by atoms with Crippen molar-refractivity contribution in [3.8, 4) is 0 Å². The quantitative estimate of drug-likeness (QED) is 0.403. The third-order valence-corrected chi connectivity index (χ3v) is 0.535. The van der Waals surface area contributed by atoms with Crippen LogP contribution in [0.15, 0.2) is 29.5 Å². The van der Waals surface area contributed by atoms with Crippen molar-refractivity contribution in [1.29, 1.82) is 5.53 Å². The van der Waals surface area contributed by atoms with Gasteiger partial charge in [0.05, 0.1) is 5.70 Å². The molecular weight excluding hydrogens is 88.1 g/mol. The molecule has 2 heteroatoms. The normalized spacial score (nSPS) is 10.7. The van der Waals surface area contributed by atoms with Gasteiger partial charge >= 0.3 is 0 Å². The van der Waals surface area contributed by atoms with Crippen molar-refractivity contribution >= 4 is 0 Å². The SMILES string of the molecule is C=C/C=C(/C)N=N. The first-order valence-electron chi connectivity index (χ1n) is 1.98. The lowest BCUT2D eigenvalue weighted by Gasteiger charge is -1.77. The average Bonchev–Trinajstić information content (AvgIpc) is 1.68. The standard InChI is InChI=1S/C5H8N2/c1-3-4-5(2)7-6/h3-4,6H,1H2,2H3/b5-4-,7-6?. The van der Waals surface area contributed by atoms with Crippen LogP contribution in [0.4, 0.5) is 0 Å². The summed E-state index contributed by atoms with van der Waals surface area (Å²) in [7, 11) is 0. The minimum absolute atomic E-state index is 0.676. The maximum Gasteiger partial charge on any atom is 0.0592 e. The summed E-state index contributed by atoms with van der Waals surface area (Å²) >= 11 is 0. The van der Waals surface area contributed by atoms with Crippen molar-refractivity contribution in [2.75, 3.05) is 0 Å². The fourth-order valence-corrected chi connectivity index (χ4v) is 0.208. The van der Waals surface area contributed by atoms with Crippen LogP contribution in [-0.4, -0.2) is 0 Å². The fourth-order valence-electron chi connectivity index (χ4n) is 0.208. The fraction of sp³-hybridized carbons (Fsp3) is 0.200. The van der Waals surface area contributed by atoms with Crippen LogP contribution in [0, 0.1) is 5.53 Å². The summed E-state index contributed by atoms with van der Waals surface area (Å²) in [5, 5.41) is 3.12. The van der Waals surface area contributed by atoms with E-state index in [9.17, 15) is 0 Å². The van der Waals surface area contributed by atoms with E-state index in [2.05, 4.69) is 11.7 Å². The molecule has 0 aliphatic rings. The topological polar surface area (TPSA) is 36.2 Å². The van der Waals surface area contributed by atoms with Gasteiger partial charge in [0.25, 0.3) is 0 Å². The zero-order chi connectivity index (χ0) is 5.70. The number of nitrogens with zero attached hydrogens (tertiary/aromatic N) is 1. The molecule has 0 atom stereocenters. The molecular formula is C5H8N2. The number of hydrogen-bond acceptors (Lipinski definition) is 2. The first kappa shape index (κ1) is 6.08. The molecule has 0 radical (unpaired) electrons. The highest BCUT2D eigenvalue weighted by Crippen LogP contribution is 1.90. The molecule has 0 amide bonds. The van der Waals surface area contributed by atoms with Crippen molar-refractivity contribution < 1.29 is 0 Å². The Morgan fingerprint density at radius 3 is 2.57 bits per heavy atom. The summed E-state index contributed by atoms with van der Waals surface area (Å²) in [5.74, 6) is 0. The van der Waals surface area contributed by atoms with E-state index in [1.807, 2.05) is 0 Å². The van der Waals surface area contributed by atoms with Crippen LogP contribution in [-0.2, 0) is 0 Å². The number of rotatable bonds is 2. The van der Waals surface area contributed by atoms with Gasteiger partial charge in [-0.25, -0.2) is 5.53 Å². The second-order valence-electron chi connectivity index (χ2n) is 1.16.